The van der Waals surface area contributed by atoms with Crippen LogP contribution in [-0.2, 0) is 9.47 Å². The predicted molar refractivity (Wildman–Crippen MR) is 195 cm³/mol. The second kappa shape index (κ2) is 30.5. The summed E-state index contributed by atoms with van der Waals surface area (Å²) in [5.74, 6) is -0.337. The van der Waals surface area contributed by atoms with E-state index in [9.17, 15) is 0 Å². The number of ether oxygens (including phenoxy) is 2. The van der Waals surface area contributed by atoms with E-state index in [-0.39, 0.29) is 11.9 Å². The maximum atomic E-state index is 6.73. The molecule has 1 heterocycles. The Morgan fingerprint density at radius 2 is 0.909 bits per heavy atom. The zero-order valence-electron chi connectivity index (χ0n) is 30.1. The van der Waals surface area contributed by atoms with Crippen molar-refractivity contribution in [1.29, 1.82) is 0 Å². The first-order chi connectivity index (χ1) is 21.7. The molecular formula is C41H75NO2. The van der Waals surface area contributed by atoms with Gasteiger partial charge in [0.25, 0.3) is 0 Å². The molecule has 0 saturated carbocycles. The van der Waals surface area contributed by atoms with Crippen molar-refractivity contribution >= 4 is 0 Å². The molecule has 1 atom stereocenters. The maximum absolute atomic E-state index is 6.73. The third kappa shape index (κ3) is 23.2. The van der Waals surface area contributed by atoms with Crippen LogP contribution in [0.5, 0.6) is 0 Å². The Balaban J connectivity index is 2.29. The fourth-order valence-electron chi connectivity index (χ4n) is 6.00. The molecule has 44 heavy (non-hydrogen) atoms. The van der Waals surface area contributed by atoms with Crippen molar-refractivity contribution in [2.24, 2.45) is 0 Å². The van der Waals surface area contributed by atoms with E-state index in [2.05, 4.69) is 81.2 Å². The molecule has 0 aromatic carbocycles. The van der Waals surface area contributed by atoms with E-state index < -0.39 is 0 Å². The molecule has 1 aliphatic heterocycles. The standard InChI is InChI=1S/C41H75NO2/c1-5-9-11-13-15-17-19-21-23-25-27-29-31-33-36-41(43-39-40(44-41)35-38-42(7-3)8-4)37-34-32-30-28-26-24-22-20-18-16-14-12-10-6-2/h11-14,23-26,40H,5-10,15-22,27-39H2,1-4H3/b13-11-,14-12-,25-23-,26-24-. The first kappa shape index (κ1) is 40.9. The highest BCUT2D eigenvalue weighted by atomic mass is 16.7. The van der Waals surface area contributed by atoms with Gasteiger partial charge in [-0.25, -0.2) is 0 Å². The van der Waals surface area contributed by atoms with Crippen LogP contribution in [0.2, 0.25) is 0 Å². The molecule has 3 heteroatoms. The molecule has 3 nitrogen and oxygen atoms in total. The van der Waals surface area contributed by atoms with Crippen LogP contribution in [0.3, 0.4) is 0 Å². The molecule has 0 radical (unpaired) electrons. The predicted octanol–water partition coefficient (Wildman–Crippen LogP) is 12.7. The Morgan fingerprint density at radius 1 is 0.523 bits per heavy atom. The van der Waals surface area contributed by atoms with Gasteiger partial charge in [0.2, 0.25) is 0 Å². The maximum Gasteiger partial charge on any atom is 0.168 e. The zero-order chi connectivity index (χ0) is 31.8. The average Bonchev–Trinajstić information content (AvgIpc) is 3.44. The van der Waals surface area contributed by atoms with Crippen molar-refractivity contribution in [3.05, 3.63) is 48.6 Å². The molecule has 1 rings (SSSR count). The largest absolute Gasteiger partial charge is 0.347 e. The van der Waals surface area contributed by atoms with Crippen molar-refractivity contribution in [2.75, 3.05) is 26.2 Å². The quantitative estimate of drug-likeness (QED) is 0.0573. The molecule has 0 spiro atoms. The summed E-state index contributed by atoms with van der Waals surface area (Å²) >= 11 is 0. The molecule has 0 bridgehead atoms. The van der Waals surface area contributed by atoms with E-state index in [0.29, 0.717) is 0 Å². The number of nitrogens with zero attached hydrogens (tertiary/aromatic N) is 1. The van der Waals surface area contributed by atoms with Gasteiger partial charge in [-0.1, -0.05) is 102 Å². The van der Waals surface area contributed by atoms with Crippen LogP contribution in [0.4, 0.5) is 0 Å². The second-order valence-electron chi connectivity index (χ2n) is 13.0. The number of unbranched alkanes of at least 4 members (excludes halogenated alkanes) is 14. The Labute approximate surface area is 276 Å². The van der Waals surface area contributed by atoms with Crippen molar-refractivity contribution in [1.82, 2.24) is 4.90 Å². The van der Waals surface area contributed by atoms with E-state index in [1.54, 1.807) is 0 Å². The fourth-order valence-corrected chi connectivity index (χ4v) is 6.00. The summed E-state index contributed by atoms with van der Waals surface area (Å²) in [4.78, 5) is 2.50. The van der Waals surface area contributed by atoms with Crippen molar-refractivity contribution in [2.45, 2.75) is 187 Å². The van der Waals surface area contributed by atoms with Gasteiger partial charge in [0.05, 0.1) is 12.7 Å². The average molecular weight is 614 g/mol. The van der Waals surface area contributed by atoms with Gasteiger partial charge in [0.15, 0.2) is 5.79 Å². The first-order valence-electron chi connectivity index (χ1n) is 19.3. The van der Waals surface area contributed by atoms with Crippen LogP contribution in [0, 0.1) is 0 Å². The first-order valence-corrected chi connectivity index (χ1v) is 19.3. The van der Waals surface area contributed by atoms with Gasteiger partial charge < -0.3 is 14.4 Å². The van der Waals surface area contributed by atoms with Gasteiger partial charge in [-0.3, -0.25) is 0 Å². The Morgan fingerprint density at radius 3 is 1.30 bits per heavy atom. The monoisotopic (exact) mass is 614 g/mol. The van der Waals surface area contributed by atoms with E-state index >= 15 is 0 Å². The third-order valence-corrected chi connectivity index (χ3v) is 8.99. The molecule has 256 valence electrons. The van der Waals surface area contributed by atoms with Gasteiger partial charge in [0.1, 0.15) is 0 Å². The van der Waals surface area contributed by atoms with E-state index in [1.807, 2.05) is 0 Å². The molecular weight excluding hydrogens is 538 g/mol. The molecule has 0 aromatic rings. The molecule has 1 aliphatic rings. The smallest absolute Gasteiger partial charge is 0.168 e. The lowest BCUT2D eigenvalue weighted by Gasteiger charge is -2.29. The number of allylic oxidation sites excluding steroid dienone is 8. The molecule has 0 amide bonds. The van der Waals surface area contributed by atoms with E-state index in [1.165, 1.54) is 128 Å². The Kier molecular flexibility index (Phi) is 28.3. The third-order valence-electron chi connectivity index (χ3n) is 8.99. The fraction of sp³-hybridized carbons (Fsp3) is 0.805. The lowest BCUT2D eigenvalue weighted by atomic mass is 9.99. The Hall–Kier alpha value is -1.16. The lowest BCUT2D eigenvalue weighted by molar-refractivity contribution is -0.180. The molecule has 0 aromatic heterocycles. The molecule has 0 aliphatic carbocycles. The van der Waals surface area contributed by atoms with Gasteiger partial charge in [-0.2, -0.15) is 0 Å². The van der Waals surface area contributed by atoms with Crippen LogP contribution in [-0.4, -0.2) is 43.0 Å². The van der Waals surface area contributed by atoms with E-state index in [4.69, 9.17) is 9.47 Å². The van der Waals surface area contributed by atoms with Crippen LogP contribution < -0.4 is 0 Å². The summed E-state index contributed by atoms with van der Waals surface area (Å²) in [6, 6.07) is 0. The van der Waals surface area contributed by atoms with Crippen molar-refractivity contribution in [3.8, 4) is 0 Å². The van der Waals surface area contributed by atoms with Crippen molar-refractivity contribution < 1.29 is 9.47 Å². The molecule has 0 N–H and O–H groups in total. The topological polar surface area (TPSA) is 21.7 Å². The summed E-state index contributed by atoms with van der Waals surface area (Å²) in [6.07, 6.45) is 47.6. The molecule has 1 fully saturated rings. The minimum absolute atomic E-state index is 0.255. The van der Waals surface area contributed by atoms with E-state index in [0.717, 1.165) is 45.5 Å². The summed E-state index contributed by atoms with van der Waals surface area (Å²) in [5, 5.41) is 0. The number of hydrogen-bond donors (Lipinski definition) is 0. The molecule has 1 saturated heterocycles. The number of rotatable bonds is 31. The summed E-state index contributed by atoms with van der Waals surface area (Å²) in [6.45, 7) is 13.1. The highest BCUT2D eigenvalue weighted by Crippen LogP contribution is 2.35. The van der Waals surface area contributed by atoms with Gasteiger partial charge >= 0.3 is 0 Å². The normalized spacial score (nSPS) is 17.2. The zero-order valence-corrected chi connectivity index (χ0v) is 30.1. The highest BCUT2D eigenvalue weighted by molar-refractivity contribution is 4.86. The van der Waals surface area contributed by atoms with Crippen LogP contribution >= 0.6 is 0 Å². The van der Waals surface area contributed by atoms with Gasteiger partial charge in [0, 0.05) is 19.4 Å². The summed E-state index contributed by atoms with van der Waals surface area (Å²) in [7, 11) is 0. The highest BCUT2D eigenvalue weighted by Gasteiger charge is 2.40. The SMILES string of the molecule is CCC/C=C\CCCC/C=C\CCCCCC1(CCCCC/C=C\CCCC/C=C\CCC)OCC(CCN(CC)CC)O1. The minimum atomic E-state index is -0.337. The number of hydrogen-bond acceptors (Lipinski definition) is 3. The van der Waals surface area contributed by atoms with Crippen molar-refractivity contribution in [3.63, 3.8) is 0 Å². The van der Waals surface area contributed by atoms with Crippen LogP contribution in [0.15, 0.2) is 48.6 Å². The minimum Gasteiger partial charge on any atom is -0.347 e. The summed E-state index contributed by atoms with van der Waals surface area (Å²) in [5.41, 5.74) is 0. The van der Waals surface area contributed by atoms with Crippen LogP contribution in [0.25, 0.3) is 0 Å². The van der Waals surface area contributed by atoms with Crippen LogP contribution in [0.1, 0.15) is 175 Å². The van der Waals surface area contributed by atoms with Gasteiger partial charge in [-0.05, 0) is 122 Å². The summed E-state index contributed by atoms with van der Waals surface area (Å²) < 4.78 is 13.2. The Bertz CT molecular complexity index is 676. The second-order valence-corrected chi connectivity index (χ2v) is 13.0. The van der Waals surface area contributed by atoms with Gasteiger partial charge in [-0.15, -0.1) is 0 Å². The molecule has 1 unspecified atom stereocenters. The lowest BCUT2D eigenvalue weighted by Crippen LogP contribution is -2.32.